The summed E-state index contributed by atoms with van der Waals surface area (Å²) in [5.41, 5.74) is 0.583. The van der Waals surface area contributed by atoms with Crippen molar-refractivity contribution in [2.24, 2.45) is 0 Å². The number of hydrogen-bond donors (Lipinski definition) is 0. The maximum Gasteiger partial charge on any atom is 0.341 e. The number of hydrogen-bond acceptors (Lipinski definition) is 6. The quantitative estimate of drug-likeness (QED) is 0.434. The first-order valence-corrected chi connectivity index (χ1v) is 6.07. The average molecular weight is 282 g/mol. The van der Waals surface area contributed by atoms with Crippen LogP contribution in [0.4, 0.5) is 0 Å². The number of carbonyl (C=O) groups excluding carboxylic acids is 4. The van der Waals surface area contributed by atoms with E-state index >= 15 is 0 Å². The first kappa shape index (κ1) is 17.8. The van der Waals surface area contributed by atoms with Crippen LogP contribution in [0.5, 0.6) is 0 Å². The van der Waals surface area contributed by atoms with Gasteiger partial charge in [-0.2, -0.15) is 0 Å². The van der Waals surface area contributed by atoms with Crippen molar-refractivity contribution in [2.45, 2.75) is 40.5 Å². The third-order valence-corrected chi connectivity index (χ3v) is 2.46. The van der Waals surface area contributed by atoms with Gasteiger partial charge < -0.3 is 9.47 Å². The van der Waals surface area contributed by atoms with Crippen molar-refractivity contribution in [1.82, 2.24) is 0 Å². The summed E-state index contributed by atoms with van der Waals surface area (Å²) < 4.78 is 8.95. The standard InChI is InChI=1S/C14H18O6/c1-5-9(3)13(17)19-11(15)7-8-12(16)20-14(18)10(4)6-2/h5-6H,7-8H2,1-4H3. The highest BCUT2D eigenvalue weighted by Gasteiger charge is 2.16. The van der Waals surface area contributed by atoms with Crippen molar-refractivity contribution in [1.29, 1.82) is 0 Å². The zero-order chi connectivity index (χ0) is 15.7. The van der Waals surface area contributed by atoms with Gasteiger partial charge in [-0.05, 0) is 27.7 Å². The fraction of sp³-hybridized carbons (Fsp3) is 0.429. The lowest BCUT2D eigenvalue weighted by Crippen LogP contribution is -2.17. The molecule has 20 heavy (non-hydrogen) atoms. The van der Waals surface area contributed by atoms with Crippen molar-refractivity contribution in [3.8, 4) is 0 Å². The van der Waals surface area contributed by atoms with Gasteiger partial charge in [0.2, 0.25) is 0 Å². The molecular weight excluding hydrogens is 264 g/mol. The molecule has 0 radical (unpaired) electrons. The molecule has 0 aromatic heterocycles. The monoisotopic (exact) mass is 282 g/mol. The summed E-state index contributed by atoms with van der Waals surface area (Å²) in [5.74, 6) is -3.20. The highest BCUT2D eigenvalue weighted by molar-refractivity contribution is 5.98. The summed E-state index contributed by atoms with van der Waals surface area (Å²) in [6.07, 6.45) is 2.35. The molecule has 6 heteroatoms. The Balaban J connectivity index is 4.17. The van der Waals surface area contributed by atoms with Crippen molar-refractivity contribution >= 4 is 23.9 Å². The first-order valence-electron chi connectivity index (χ1n) is 6.07. The van der Waals surface area contributed by atoms with Gasteiger partial charge in [0, 0.05) is 11.1 Å². The van der Waals surface area contributed by atoms with Gasteiger partial charge in [-0.15, -0.1) is 0 Å². The molecule has 0 aromatic carbocycles. The SMILES string of the molecule is CC=C(C)C(=O)OC(=O)CCC(=O)OC(=O)C(C)=CC. The van der Waals surface area contributed by atoms with Crippen molar-refractivity contribution < 1.29 is 28.7 Å². The summed E-state index contributed by atoms with van der Waals surface area (Å²) in [5, 5.41) is 0. The van der Waals surface area contributed by atoms with Crippen LogP contribution < -0.4 is 0 Å². The molecule has 0 unspecified atom stereocenters. The van der Waals surface area contributed by atoms with Crippen LogP contribution in [-0.2, 0) is 28.7 Å². The molecule has 0 aliphatic carbocycles. The van der Waals surface area contributed by atoms with Crippen LogP contribution in [-0.4, -0.2) is 23.9 Å². The molecule has 0 aliphatic rings. The zero-order valence-electron chi connectivity index (χ0n) is 12.0. The van der Waals surface area contributed by atoms with Gasteiger partial charge in [0.05, 0.1) is 12.8 Å². The Labute approximate surface area is 117 Å². The van der Waals surface area contributed by atoms with Crippen molar-refractivity contribution in [3.05, 3.63) is 23.3 Å². The molecule has 0 aromatic rings. The van der Waals surface area contributed by atoms with Crippen LogP contribution >= 0.6 is 0 Å². The molecule has 0 saturated heterocycles. The van der Waals surface area contributed by atoms with E-state index in [1.165, 1.54) is 26.0 Å². The van der Waals surface area contributed by atoms with Crippen LogP contribution in [0.3, 0.4) is 0 Å². The van der Waals surface area contributed by atoms with Gasteiger partial charge in [0.1, 0.15) is 0 Å². The Morgan fingerprint density at radius 2 is 1.05 bits per heavy atom. The number of allylic oxidation sites excluding steroid dienone is 2. The van der Waals surface area contributed by atoms with Crippen LogP contribution in [0, 0.1) is 0 Å². The van der Waals surface area contributed by atoms with Crippen molar-refractivity contribution in [2.75, 3.05) is 0 Å². The van der Waals surface area contributed by atoms with Crippen LogP contribution in [0.1, 0.15) is 40.5 Å². The summed E-state index contributed by atoms with van der Waals surface area (Å²) in [6.45, 7) is 6.27. The normalized spacial score (nSPS) is 11.8. The lowest BCUT2D eigenvalue weighted by atomic mass is 10.3. The Morgan fingerprint density at radius 1 is 0.750 bits per heavy atom. The van der Waals surface area contributed by atoms with Crippen LogP contribution in [0.25, 0.3) is 0 Å². The molecule has 0 spiro atoms. The maximum absolute atomic E-state index is 11.3. The Hall–Kier alpha value is -2.24. The molecule has 0 fully saturated rings. The maximum atomic E-state index is 11.3. The predicted octanol–water partition coefficient (Wildman–Crippen LogP) is 1.84. The molecule has 0 amide bonds. The topological polar surface area (TPSA) is 86.7 Å². The zero-order valence-corrected chi connectivity index (χ0v) is 12.0. The van der Waals surface area contributed by atoms with E-state index in [2.05, 4.69) is 9.47 Å². The third kappa shape index (κ3) is 6.63. The molecule has 6 nitrogen and oxygen atoms in total. The number of rotatable bonds is 5. The van der Waals surface area contributed by atoms with E-state index in [4.69, 9.17) is 0 Å². The summed E-state index contributed by atoms with van der Waals surface area (Å²) >= 11 is 0. The van der Waals surface area contributed by atoms with Gasteiger partial charge in [0.25, 0.3) is 0 Å². The lowest BCUT2D eigenvalue weighted by molar-refractivity contribution is -0.162. The predicted molar refractivity (Wildman–Crippen MR) is 70.3 cm³/mol. The Morgan fingerprint density at radius 3 is 1.30 bits per heavy atom. The van der Waals surface area contributed by atoms with E-state index in [1.807, 2.05) is 0 Å². The molecule has 0 saturated carbocycles. The largest absolute Gasteiger partial charge is 0.390 e. The highest BCUT2D eigenvalue weighted by atomic mass is 16.6. The fourth-order valence-corrected chi connectivity index (χ4v) is 0.910. The number of ether oxygens (including phenoxy) is 2. The van der Waals surface area contributed by atoms with E-state index < -0.39 is 23.9 Å². The van der Waals surface area contributed by atoms with Crippen LogP contribution in [0.2, 0.25) is 0 Å². The van der Waals surface area contributed by atoms with Gasteiger partial charge in [0.15, 0.2) is 0 Å². The molecule has 0 aliphatic heterocycles. The van der Waals surface area contributed by atoms with Crippen LogP contribution in [0.15, 0.2) is 23.3 Å². The van der Waals surface area contributed by atoms with E-state index in [1.54, 1.807) is 13.8 Å². The molecule has 0 heterocycles. The van der Waals surface area contributed by atoms with E-state index in [-0.39, 0.29) is 12.8 Å². The summed E-state index contributed by atoms with van der Waals surface area (Å²) in [4.78, 5) is 45.1. The van der Waals surface area contributed by atoms with Crippen molar-refractivity contribution in [3.63, 3.8) is 0 Å². The highest BCUT2D eigenvalue weighted by Crippen LogP contribution is 2.03. The van der Waals surface area contributed by atoms with E-state index in [9.17, 15) is 19.2 Å². The molecular formula is C14H18O6. The second-order valence-corrected chi connectivity index (χ2v) is 3.97. The van der Waals surface area contributed by atoms with Gasteiger partial charge >= 0.3 is 23.9 Å². The third-order valence-electron chi connectivity index (χ3n) is 2.46. The fourth-order valence-electron chi connectivity index (χ4n) is 0.910. The molecule has 0 bridgehead atoms. The number of esters is 4. The summed E-state index contributed by atoms with van der Waals surface area (Å²) in [6, 6.07) is 0. The Bertz CT molecular complexity index is 426. The second-order valence-electron chi connectivity index (χ2n) is 3.97. The molecule has 110 valence electrons. The van der Waals surface area contributed by atoms with Gasteiger partial charge in [-0.1, -0.05) is 12.2 Å². The number of carbonyl (C=O) groups is 4. The average Bonchev–Trinajstić information content (AvgIpc) is 2.42. The minimum atomic E-state index is -0.844. The molecule has 0 atom stereocenters. The van der Waals surface area contributed by atoms with Gasteiger partial charge in [-0.3, -0.25) is 9.59 Å². The van der Waals surface area contributed by atoms with E-state index in [0.29, 0.717) is 11.1 Å². The smallest absolute Gasteiger partial charge is 0.341 e. The van der Waals surface area contributed by atoms with E-state index in [0.717, 1.165) is 0 Å². The molecule has 0 N–H and O–H groups in total. The first-order chi connectivity index (χ1) is 9.31. The minimum Gasteiger partial charge on any atom is -0.390 e. The minimum absolute atomic E-state index is 0.291. The summed E-state index contributed by atoms with van der Waals surface area (Å²) in [7, 11) is 0. The second kappa shape index (κ2) is 8.79. The molecule has 0 rings (SSSR count). The Kier molecular flexibility index (Phi) is 7.81. The van der Waals surface area contributed by atoms with Gasteiger partial charge in [-0.25, -0.2) is 9.59 Å². The lowest BCUT2D eigenvalue weighted by Gasteiger charge is -2.04.